The van der Waals surface area contributed by atoms with Gasteiger partial charge in [-0.05, 0) is 24.5 Å². The van der Waals surface area contributed by atoms with Gasteiger partial charge in [-0.2, -0.15) is 4.31 Å². The van der Waals surface area contributed by atoms with E-state index in [4.69, 9.17) is 5.73 Å². The third kappa shape index (κ3) is 2.38. The molecule has 0 radical (unpaired) electrons. The maximum absolute atomic E-state index is 13.8. The van der Waals surface area contributed by atoms with Gasteiger partial charge in [-0.1, -0.05) is 6.92 Å². The van der Waals surface area contributed by atoms with Crippen molar-refractivity contribution in [1.29, 1.82) is 0 Å². The first-order valence-corrected chi connectivity index (χ1v) is 7.60. The van der Waals surface area contributed by atoms with E-state index < -0.39 is 39.2 Å². The van der Waals surface area contributed by atoms with Gasteiger partial charge in [0.25, 0.3) is 0 Å². The Kier molecular flexibility index (Phi) is 3.99. The Labute approximate surface area is 116 Å². The summed E-state index contributed by atoms with van der Waals surface area (Å²) in [6.07, 6.45) is 0.530. The normalized spacial score (nSPS) is 24.2. The summed E-state index contributed by atoms with van der Waals surface area (Å²) < 4.78 is 53.3. The number of aliphatic hydroxyl groups is 1. The van der Waals surface area contributed by atoms with Crippen LogP contribution in [0.25, 0.3) is 0 Å². The van der Waals surface area contributed by atoms with Crippen LogP contribution in [-0.4, -0.2) is 37.0 Å². The first-order chi connectivity index (χ1) is 9.28. The van der Waals surface area contributed by atoms with E-state index in [2.05, 4.69) is 0 Å². The van der Waals surface area contributed by atoms with Gasteiger partial charge in [0.2, 0.25) is 10.0 Å². The van der Waals surface area contributed by atoms with E-state index in [1.54, 1.807) is 6.92 Å². The second kappa shape index (κ2) is 5.27. The molecule has 0 aliphatic carbocycles. The number of nitrogen functional groups attached to an aromatic ring is 1. The highest BCUT2D eigenvalue weighted by molar-refractivity contribution is 7.89. The van der Waals surface area contributed by atoms with E-state index in [-0.39, 0.29) is 18.2 Å². The van der Waals surface area contributed by atoms with Crippen LogP contribution in [0.1, 0.15) is 13.3 Å². The van der Waals surface area contributed by atoms with Crippen LogP contribution in [0.4, 0.5) is 14.5 Å². The molecule has 1 aliphatic heterocycles. The topological polar surface area (TPSA) is 83.6 Å². The summed E-state index contributed by atoms with van der Waals surface area (Å²) in [5.74, 6) is -2.52. The molecular weight excluding hydrogens is 290 g/mol. The SMILES string of the molecule is CC1CCN(S(=O)(=O)c2c(F)cc(N)cc2F)C1CO. The molecule has 1 saturated heterocycles. The number of benzene rings is 1. The van der Waals surface area contributed by atoms with Crippen LogP contribution >= 0.6 is 0 Å². The maximum atomic E-state index is 13.8. The van der Waals surface area contributed by atoms with E-state index in [9.17, 15) is 22.3 Å². The molecule has 0 bridgehead atoms. The molecule has 0 spiro atoms. The second-order valence-corrected chi connectivity index (χ2v) is 6.77. The lowest BCUT2D eigenvalue weighted by Gasteiger charge is -2.25. The molecule has 1 fully saturated rings. The Morgan fingerprint density at radius 3 is 2.45 bits per heavy atom. The molecule has 0 amide bonds. The zero-order valence-corrected chi connectivity index (χ0v) is 11.7. The van der Waals surface area contributed by atoms with Crippen molar-refractivity contribution in [3.63, 3.8) is 0 Å². The first-order valence-electron chi connectivity index (χ1n) is 6.16. The van der Waals surface area contributed by atoms with Crippen LogP contribution in [0.5, 0.6) is 0 Å². The Morgan fingerprint density at radius 2 is 1.95 bits per heavy atom. The maximum Gasteiger partial charge on any atom is 0.249 e. The molecule has 1 aromatic carbocycles. The minimum Gasteiger partial charge on any atom is -0.399 e. The van der Waals surface area contributed by atoms with Gasteiger partial charge in [-0.3, -0.25) is 0 Å². The lowest BCUT2D eigenvalue weighted by Crippen LogP contribution is -2.40. The Hall–Kier alpha value is -1.25. The Balaban J connectivity index is 2.51. The summed E-state index contributed by atoms with van der Waals surface area (Å²) in [5, 5.41) is 9.29. The predicted molar refractivity (Wildman–Crippen MR) is 69.3 cm³/mol. The number of nitrogens with two attached hydrogens (primary N) is 1. The van der Waals surface area contributed by atoms with Gasteiger partial charge in [0.1, 0.15) is 11.6 Å². The molecule has 112 valence electrons. The fraction of sp³-hybridized carbons (Fsp3) is 0.500. The second-order valence-electron chi connectivity index (χ2n) is 4.95. The molecule has 2 unspecified atom stereocenters. The van der Waals surface area contributed by atoms with Crippen molar-refractivity contribution in [1.82, 2.24) is 4.31 Å². The van der Waals surface area contributed by atoms with Crippen molar-refractivity contribution in [3.8, 4) is 0 Å². The van der Waals surface area contributed by atoms with Gasteiger partial charge in [0.05, 0.1) is 12.6 Å². The van der Waals surface area contributed by atoms with E-state index in [1.165, 1.54) is 0 Å². The third-order valence-electron chi connectivity index (χ3n) is 3.61. The number of hydrogen-bond acceptors (Lipinski definition) is 4. The average molecular weight is 306 g/mol. The summed E-state index contributed by atoms with van der Waals surface area (Å²) in [6, 6.07) is 0.865. The van der Waals surface area contributed by atoms with Gasteiger partial charge in [0, 0.05) is 12.2 Å². The minimum atomic E-state index is -4.34. The van der Waals surface area contributed by atoms with E-state index >= 15 is 0 Å². The number of aliphatic hydroxyl groups excluding tert-OH is 1. The molecule has 0 aromatic heterocycles. The largest absolute Gasteiger partial charge is 0.399 e. The number of halogens is 2. The zero-order chi connectivity index (χ0) is 15.1. The minimum absolute atomic E-state index is 0.0744. The first kappa shape index (κ1) is 15.1. The van der Waals surface area contributed by atoms with Crippen LogP contribution < -0.4 is 5.73 Å². The summed E-state index contributed by atoms with van der Waals surface area (Å²) in [4.78, 5) is -1.01. The van der Waals surface area contributed by atoms with Crippen LogP contribution in [0.3, 0.4) is 0 Å². The molecule has 1 heterocycles. The summed E-state index contributed by atoms with van der Waals surface area (Å²) in [5.41, 5.74) is 5.08. The van der Waals surface area contributed by atoms with Gasteiger partial charge in [-0.25, -0.2) is 17.2 Å². The van der Waals surface area contributed by atoms with Crippen molar-refractivity contribution in [3.05, 3.63) is 23.8 Å². The predicted octanol–water partition coefficient (Wildman–Crippen LogP) is 0.938. The number of sulfonamides is 1. The molecule has 0 saturated carbocycles. The van der Waals surface area contributed by atoms with Crippen LogP contribution in [0.2, 0.25) is 0 Å². The average Bonchev–Trinajstić information content (AvgIpc) is 2.69. The van der Waals surface area contributed by atoms with Gasteiger partial charge < -0.3 is 10.8 Å². The molecule has 3 N–H and O–H groups in total. The summed E-state index contributed by atoms with van der Waals surface area (Å²) in [7, 11) is -4.34. The fourth-order valence-electron chi connectivity index (χ4n) is 2.49. The monoisotopic (exact) mass is 306 g/mol. The molecule has 1 aromatic rings. The van der Waals surface area contributed by atoms with E-state index in [0.717, 1.165) is 16.4 Å². The lowest BCUT2D eigenvalue weighted by atomic mass is 10.0. The number of nitrogens with zero attached hydrogens (tertiary/aromatic N) is 1. The molecular formula is C12H16F2N2O3S. The number of rotatable bonds is 3. The van der Waals surface area contributed by atoms with Crippen molar-refractivity contribution in [2.45, 2.75) is 24.3 Å². The fourth-order valence-corrected chi connectivity index (χ4v) is 4.31. The lowest BCUT2D eigenvalue weighted by molar-refractivity contribution is 0.190. The highest BCUT2D eigenvalue weighted by Gasteiger charge is 2.41. The van der Waals surface area contributed by atoms with Crippen molar-refractivity contribution in [2.75, 3.05) is 18.9 Å². The van der Waals surface area contributed by atoms with Crippen LogP contribution in [-0.2, 0) is 10.0 Å². The van der Waals surface area contributed by atoms with Gasteiger partial charge in [0.15, 0.2) is 4.90 Å². The third-order valence-corrected chi connectivity index (χ3v) is 5.58. The van der Waals surface area contributed by atoms with Gasteiger partial charge in [-0.15, -0.1) is 0 Å². The Morgan fingerprint density at radius 1 is 1.40 bits per heavy atom. The number of hydrogen-bond donors (Lipinski definition) is 2. The zero-order valence-electron chi connectivity index (χ0n) is 10.9. The smallest absolute Gasteiger partial charge is 0.249 e. The van der Waals surface area contributed by atoms with Crippen LogP contribution in [0.15, 0.2) is 17.0 Å². The highest BCUT2D eigenvalue weighted by Crippen LogP contribution is 2.32. The van der Waals surface area contributed by atoms with Crippen molar-refractivity contribution in [2.24, 2.45) is 5.92 Å². The van der Waals surface area contributed by atoms with Gasteiger partial charge >= 0.3 is 0 Å². The molecule has 5 nitrogen and oxygen atoms in total. The molecule has 1 aliphatic rings. The summed E-state index contributed by atoms with van der Waals surface area (Å²) >= 11 is 0. The van der Waals surface area contributed by atoms with E-state index in [1.807, 2.05) is 0 Å². The number of anilines is 1. The standard InChI is InChI=1S/C12H16F2N2O3S/c1-7-2-3-16(11(7)6-17)20(18,19)12-9(13)4-8(15)5-10(12)14/h4-5,7,11,17H,2-3,6,15H2,1H3. The van der Waals surface area contributed by atoms with Crippen molar-refractivity contribution < 1.29 is 22.3 Å². The Bertz CT molecular complexity index is 598. The van der Waals surface area contributed by atoms with E-state index in [0.29, 0.717) is 6.42 Å². The van der Waals surface area contributed by atoms with Crippen LogP contribution in [0, 0.1) is 17.6 Å². The summed E-state index contributed by atoms with van der Waals surface area (Å²) in [6.45, 7) is 1.52. The molecule has 2 rings (SSSR count). The van der Waals surface area contributed by atoms with Crippen molar-refractivity contribution >= 4 is 15.7 Å². The molecule has 8 heteroatoms. The molecule has 2 atom stereocenters. The molecule has 20 heavy (non-hydrogen) atoms. The quantitative estimate of drug-likeness (QED) is 0.814. The highest BCUT2D eigenvalue weighted by atomic mass is 32.2.